The molecule has 362 valence electrons. The van der Waals surface area contributed by atoms with Gasteiger partial charge in [-0.1, -0.05) is 44.2 Å². The van der Waals surface area contributed by atoms with Crippen LogP contribution in [0.2, 0.25) is 0 Å². The highest BCUT2D eigenvalue weighted by atomic mass is 16.4. The highest BCUT2D eigenvalue weighted by Gasteiger charge is 2.35. The Kier molecular flexibility index (Phi) is 24.8. The first-order chi connectivity index (χ1) is 30.4. The summed E-state index contributed by atoms with van der Waals surface area (Å²) in [4.78, 5) is 132. The van der Waals surface area contributed by atoms with Crippen LogP contribution in [0.5, 0.6) is 0 Å². The Hall–Kier alpha value is -6.89. The molecule has 0 aliphatic heterocycles. The van der Waals surface area contributed by atoms with Crippen molar-refractivity contribution in [2.24, 2.45) is 33.8 Å². The zero-order valence-corrected chi connectivity index (χ0v) is 36.5. The van der Waals surface area contributed by atoms with Crippen LogP contribution in [0.1, 0.15) is 84.1 Å². The van der Waals surface area contributed by atoms with Crippen LogP contribution in [-0.4, -0.2) is 141 Å². The number of aliphatic hydroxyl groups excluding tert-OH is 1. The second-order valence-electron chi connectivity index (χ2n) is 15.6. The van der Waals surface area contributed by atoms with Crippen LogP contribution in [0.3, 0.4) is 0 Å². The summed E-state index contributed by atoms with van der Waals surface area (Å²) < 4.78 is 0. The molecule has 65 heavy (non-hydrogen) atoms. The number of primary amides is 1. The van der Waals surface area contributed by atoms with Gasteiger partial charge in [-0.25, -0.2) is 4.79 Å². The van der Waals surface area contributed by atoms with Crippen molar-refractivity contribution in [3.05, 3.63) is 35.9 Å². The molecule has 1 aromatic carbocycles. The number of carboxylic acids is 3. The van der Waals surface area contributed by atoms with Crippen LogP contribution < -0.4 is 54.8 Å². The first kappa shape index (κ1) is 56.1. The Morgan fingerprint density at radius 3 is 1.46 bits per heavy atom. The summed E-state index contributed by atoms with van der Waals surface area (Å²) in [6.07, 6.45) is -5.13. The molecular formula is C40H63N11O14. The molecule has 0 bridgehead atoms. The number of carbonyl (C=O) groups is 10. The Balaban J connectivity index is 3.38. The van der Waals surface area contributed by atoms with Crippen molar-refractivity contribution in [2.45, 2.75) is 133 Å². The van der Waals surface area contributed by atoms with Crippen LogP contribution in [-0.2, 0) is 54.4 Å². The number of guanidine groups is 1. The normalized spacial score (nSPS) is 14.6. The predicted molar refractivity (Wildman–Crippen MR) is 231 cm³/mol. The van der Waals surface area contributed by atoms with Gasteiger partial charge in [-0.15, -0.1) is 0 Å². The summed E-state index contributed by atoms with van der Waals surface area (Å²) in [7, 11) is 0. The van der Waals surface area contributed by atoms with Gasteiger partial charge >= 0.3 is 17.9 Å². The van der Waals surface area contributed by atoms with Gasteiger partial charge in [0.2, 0.25) is 41.4 Å². The third kappa shape index (κ3) is 22.9. The van der Waals surface area contributed by atoms with E-state index in [0.29, 0.717) is 5.56 Å². The number of nitrogens with two attached hydrogens (primary N) is 4. The number of amides is 7. The van der Waals surface area contributed by atoms with Gasteiger partial charge in [0.1, 0.15) is 36.3 Å². The fourth-order valence-electron chi connectivity index (χ4n) is 6.07. The lowest BCUT2D eigenvalue weighted by molar-refractivity contribution is -0.142. The number of benzene rings is 1. The molecule has 0 unspecified atom stereocenters. The fourth-order valence-corrected chi connectivity index (χ4v) is 6.07. The van der Waals surface area contributed by atoms with Gasteiger partial charge in [0, 0.05) is 25.8 Å². The third-order valence-electron chi connectivity index (χ3n) is 9.47. The number of carbonyl (C=O) groups excluding carboxylic acids is 7. The van der Waals surface area contributed by atoms with E-state index in [9.17, 15) is 68.4 Å². The standard InChI is InChI=1S/C40H63N11O14/c1-20(2)18-28(37(62)49-27(39(64)65)10-7-17-45-40(43)44)50-36(61)24(11-14-29(42)53)46-34(59)25(12-15-30(54)55)47-35(60)26(13-16-31(56)57)48-38(63)32(21(3)52)51-33(58)23(41)19-22-8-5-4-6-9-22/h4-6,8-9,20-21,23-28,32,52H,7,10-19,41H2,1-3H3,(H2,42,53)(H,46,59)(H,47,60)(H,48,63)(H,49,62)(H,50,61)(H,51,58)(H,54,55)(H,56,57)(H,64,65)(H4,43,44,45)/t21-,23+,24+,25+,26+,27+,28+,32+/m1/s1. The predicted octanol–water partition coefficient (Wildman–Crippen LogP) is -3.97. The van der Waals surface area contributed by atoms with E-state index < -0.39 is 146 Å². The molecule has 0 saturated heterocycles. The summed E-state index contributed by atoms with van der Waals surface area (Å²) in [5.74, 6) is -12.0. The number of rotatable bonds is 31. The molecular weight excluding hydrogens is 859 g/mol. The van der Waals surface area contributed by atoms with E-state index in [4.69, 9.17) is 22.9 Å². The lowest BCUT2D eigenvalue weighted by atomic mass is 10.0. The summed E-state index contributed by atoms with van der Waals surface area (Å²) in [5, 5.41) is 52.9. The number of aliphatic hydroxyl groups is 1. The maximum Gasteiger partial charge on any atom is 0.326 e. The molecule has 0 radical (unpaired) electrons. The lowest BCUT2D eigenvalue weighted by Gasteiger charge is -2.28. The van der Waals surface area contributed by atoms with Crippen molar-refractivity contribution in [1.29, 1.82) is 0 Å². The van der Waals surface area contributed by atoms with Crippen LogP contribution in [0.15, 0.2) is 35.3 Å². The van der Waals surface area contributed by atoms with Gasteiger partial charge < -0.3 is 75.3 Å². The zero-order chi connectivity index (χ0) is 49.4. The lowest BCUT2D eigenvalue weighted by Crippen LogP contribution is -2.61. The average molecular weight is 922 g/mol. The van der Waals surface area contributed by atoms with E-state index in [-0.39, 0.29) is 44.1 Å². The van der Waals surface area contributed by atoms with Crippen molar-refractivity contribution in [3.63, 3.8) is 0 Å². The van der Waals surface area contributed by atoms with Crippen LogP contribution >= 0.6 is 0 Å². The molecule has 25 nitrogen and oxygen atoms in total. The monoisotopic (exact) mass is 921 g/mol. The third-order valence-corrected chi connectivity index (χ3v) is 9.47. The van der Waals surface area contributed by atoms with Gasteiger partial charge in [0.15, 0.2) is 5.96 Å². The molecule has 0 heterocycles. The van der Waals surface area contributed by atoms with Crippen molar-refractivity contribution in [3.8, 4) is 0 Å². The highest BCUT2D eigenvalue weighted by Crippen LogP contribution is 2.11. The van der Waals surface area contributed by atoms with Crippen LogP contribution in [0.25, 0.3) is 0 Å². The summed E-state index contributed by atoms with van der Waals surface area (Å²) in [6, 6.07) is -2.29. The second-order valence-corrected chi connectivity index (χ2v) is 15.6. The first-order valence-electron chi connectivity index (χ1n) is 20.7. The molecule has 7 amide bonds. The van der Waals surface area contributed by atoms with E-state index in [1.807, 2.05) is 0 Å². The minimum Gasteiger partial charge on any atom is -0.481 e. The number of aliphatic carboxylic acids is 3. The van der Waals surface area contributed by atoms with Gasteiger partial charge in [-0.2, -0.15) is 0 Å². The van der Waals surface area contributed by atoms with Gasteiger partial charge in [0.25, 0.3) is 0 Å². The summed E-state index contributed by atoms with van der Waals surface area (Å²) in [6.45, 7) is 4.62. The number of nitrogens with zero attached hydrogens (tertiary/aromatic N) is 1. The topological polar surface area (TPSA) is 440 Å². The van der Waals surface area contributed by atoms with E-state index in [1.165, 1.54) is 0 Å². The van der Waals surface area contributed by atoms with E-state index >= 15 is 0 Å². The van der Waals surface area contributed by atoms with E-state index in [0.717, 1.165) is 6.92 Å². The molecule has 0 fully saturated rings. The van der Waals surface area contributed by atoms with Crippen LogP contribution in [0.4, 0.5) is 0 Å². The van der Waals surface area contributed by atoms with Crippen molar-refractivity contribution >= 4 is 65.2 Å². The maximum absolute atomic E-state index is 13.8. The molecule has 0 spiro atoms. The fraction of sp³-hybridized carbons (Fsp3) is 0.575. The smallest absolute Gasteiger partial charge is 0.326 e. The molecule has 25 heteroatoms. The number of hydrogen-bond donors (Lipinski definition) is 14. The quantitative estimate of drug-likeness (QED) is 0.0192. The molecule has 8 atom stereocenters. The SMILES string of the molecule is CC(C)C[C@H](NC(=O)[C@H](CCC(N)=O)NC(=O)[C@H](CCC(=O)O)NC(=O)[C@H](CCC(=O)O)NC(=O)[C@@H](NC(=O)[C@@H](N)Cc1ccccc1)[C@@H](C)O)C(=O)N[C@@H](CCCN=C(N)N)C(=O)O. The molecule has 0 saturated carbocycles. The van der Waals surface area contributed by atoms with E-state index in [2.05, 4.69) is 36.9 Å². The molecule has 1 rings (SSSR count). The molecule has 1 aromatic rings. The molecule has 0 aliphatic carbocycles. The molecule has 0 aromatic heterocycles. The molecule has 18 N–H and O–H groups in total. The van der Waals surface area contributed by atoms with Crippen molar-refractivity contribution < 1.29 is 68.4 Å². The second kappa shape index (κ2) is 28.7. The number of aliphatic imine (C=N–C) groups is 1. The highest BCUT2D eigenvalue weighted by molar-refractivity contribution is 5.97. The van der Waals surface area contributed by atoms with Gasteiger partial charge in [-0.3, -0.25) is 48.1 Å². The van der Waals surface area contributed by atoms with Gasteiger partial charge in [0.05, 0.1) is 12.1 Å². The van der Waals surface area contributed by atoms with Gasteiger partial charge in [-0.05, 0) is 63.4 Å². The minimum atomic E-state index is -1.79. The first-order valence-corrected chi connectivity index (χ1v) is 20.7. The zero-order valence-electron chi connectivity index (χ0n) is 36.5. The largest absolute Gasteiger partial charge is 0.481 e. The Labute approximate surface area is 374 Å². The number of hydrogen-bond acceptors (Lipinski definition) is 13. The van der Waals surface area contributed by atoms with Crippen LogP contribution in [0, 0.1) is 5.92 Å². The minimum absolute atomic E-state index is 0.0325. The van der Waals surface area contributed by atoms with Crippen molar-refractivity contribution in [1.82, 2.24) is 31.9 Å². The number of carboxylic acid groups (broad SMARTS) is 3. The van der Waals surface area contributed by atoms with E-state index in [1.54, 1.807) is 44.2 Å². The summed E-state index contributed by atoms with van der Waals surface area (Å²) >= 11 is 0. The Morgan fingerprint density at radius 1 is 0.585 bits per heavy atom. The Bertz CT molecular complexity index is 1840. The Morgan fingerprint density at radius 2 is 1.03 bits per heavy atom. The van der Waals surface area contributed by atoms with Crippen molar-refractivity contribution in [2.75, 3.05) is 6.54 Å². The summed E-state index contributed by atoms with van der Waals surface area (Å²) in [5.41, 5.74) is 22.6. The maximum atomic E-state index is 13.8. The molecule has 0 aliphatic rings. The average Bonchev–Trinajstić information content (AvgIpc) is 3.21. The number of nitrogens with one attached hydrogen (secondary N) is 6.